The van der Waals surface area contributed by atoms with Crippen LogP contribution in [0, 0.1) is 17.5 Å². The molecule has 0 unspecified atom stereocenters. The van der Waals surface area contributed by atoms with Gasteiger partial charge in [0.05, 0.1) is 18.9 Å². The Labute approximate surface area is 171 Å². The number of methoxy groups -OCH3 is 1. The van der Waals surface area contributed by atoms with E-state index in [0.717, 1.165) is 18.3 Å². The van der Waals surface area contributed by atoms with Crippen molar-refractivity contribution in [3.8, 4) is 0 Å². The number of aromatic nitrogens is 1. The Morgan fingerprint density at radius 3 is 2.64 bits per heavy atom. The van der Waals surface area contributed by atoms with Crippen LogP contribution in [0.15, 0.2) is 46.7 Å². The first kappa shape index (κ1) is 20.3. The largest absolute Gasteiger partial charge is 0.466 e. The van der Waals surface area contributed by atoms with Crippen molar-refractivity contribution >= 4 is 39.3 Å². The van der Waals surface area contributed by atoms with Gasteiger partial charge in [-0.25, -0.2) is 22.9 Å². The Bertz CT molecular complexity index is 1010. The predicted molar refractivity (Wildman–Crippen MR) is 101 cm³/mol. The summed E-state index contributed by atoms with van der Waals surface area (Å²) < 4.78 is 45.7. The molecule has 5 nitrogen and oxygen atoms in total. The molecule has 0 spiro atoms. The summed E-state index contributed by atoms with van der Waals surface area (Å²) in [6.45, 7) is 0. The highest BCUT2D eigenvalue weighted by molar-refractivity contribution is 9.09. The van der Waals surface area contributed by atoms with E-state index in [1.54, 1.807) is 0 Å². The number of carbonyl (C=O) groups excluding carboxylic acids is 1. The third-order valence-corrected chi connectivity index (χ3v) is 4.84. The van der Waals surface area contributed by atoms with Crippen molar-refractivity contribution in [1.82, 2.24) is 10.3 Å². The highest BCUT2D eigenvalue weighted by atomic mass is 79.9. The summed E-state index contributed by atoms with van der Waals surface area (Å²) in [6.07, 6.45) is 0.843. The molecule has 10 heteroatoms. The lowest BCUT2D eigenvalue weighted by molar-refractivity contribution is -0.136. The lowest BCUT2D eigenvalue weighted by atomic mass is 9.95. The van der Waals surface area contributed by atoms with Gasteiger partial charge in [0, 0.05) is 27.7 Å². The molecule has 1 atom stereocenters. The van der Waals surface area contributed by atoms with E-state index in [1.807, 2.05) is 0 Å². The Morgan fingerprint density at radius 2 is 2.04 bits per heavy atom. The lowest BCUT2D eigenvalue weighted by Gasteiger charge is -2.27. The summed E-state index contributed by atoms with van der Waals surface area (Å²) >= 11 is 9.42. The number of alkyl halides is 1. The smallest absolute Gasteiger partial charge is 0.338 e. The standard InChI is InChI=1S/C18H12BrClF3N3O2/c1-28-18(27)14-13(6-19)25-17(16-12(23)5-9(22)7-24-16)26-15(14)10-3-2-8(21)4-11(10)20/h2-5,7,15H,6H2,1H3,(H,25,26)/t15-/m0/s1. The first-order valence-corrected chi connectivity index (χ1v) is 9.34. The molecule has 1 aliphatic heterocycles. The van der Waals surface area contributed by atoms with E-state index in [-0.39, 0.29) is 27.5 Å². The van der Waals surface area contributed by atoms with Crippen molar-refractivity contribution in [2.75, 3.05) is 12.4 Å². The molecule has 0 radical (unpaired) electrons. The van der Waals surface area contributed by atoms with Crippen LogP contribution in [0.3, 0.4) is 0 Å². The second-order valence-electron chi connectivity index (χ2n) is 5.67. The zero-order chi connectivity index (χ0) is 20.4. The summed E-state index contributed by atoms with van der Waals surface area (Å²) in [5.41, 5.74) is 0.502. The van der Waals surface area contributed by atoms with E-state index < -0.39 is 29.5 Å². The number of esters is 1. The number of halogens is 5. The zero-order valence-electron chi connectivity index (χ0n) is 14.3. The summed E-state index contributed by atoms with van der Waals surface area (Å²) in [4.78, 5) is 20.5. The van der Waals surface area contributed by atoms with Gasteiger partial charge in [0.15, 0.2) is 11.7 Å². The van der Waals surface area contributed by atoms with Crippen LogP contribution in [-0.4, -0.2) is 29.2 Å². The van der Waals surface area contributed by atoms with Crippen LogP contribution < -0.4 is 5.32 Å². The average molecular weight is 475 g/mol. The van der Waals surface area contributed by atoms with Crippen molar-refractivity contribution in [2.45, 2.75) is 6.04 Å². The van der Waals surface area contributed by atoms with Crippen molar-refractivity contribution in [3.63, 3.8) is 0 Å². The number of hydrogen-bond acceptors (Lipinski definition) is 5. The second kappa shape index (κ2) is 8.32. The maximum absolute atomic E-state index is 14.2. The average Bonchev–Trinajstić information content (AvgIpc) is 2.66. The first-order valence-electron chi connectivity index (χ1n) is 7.84. The Morgan fingerprint density at radius 1 is 1.29 bits per heavy atom. The van der Waals surface area contributed by atoms with Crippen LogP contribution in [0.4, 0.5) is 13.2 Å². The third-order valence-electron chi connectivity index (χ3n) is 3.95. The molecule has 0 fully saturated rings. The van der Waals surface area contributed by atoms with Gasteiger partial charge in [-0.05, 0) is 12.1 Å². The number of ether oxygens (including phenoxy) is 1. The van der Waals surface area contributed by atoms with Crippen molar-refractivity contribution < 1.29 is 22.7 Å². The minimum absolute atomic E-state index is 0.0258. The number of nitrogens with zero attached hydrogens (tertiary/aromatic N) is 2. The topological polar surface area (TPSA) is 63.6 Å². The van der Waals surface area contributed by atoms with Gasteiger partial charge < -0.3 is 10.1 Å². The second-order valence-corrected chi connectivity index (χ2v) is 6.64. The van der Waals surface area contributed by atoms with Gasteiger partial charge in [-0.3, -0.25) is 4.99 Å². The quantitative estimate of drug-likeness (QED) is 0.536. The molecule has 3 rings (SSSR count). The fourth-order valence-electron chi connectivity index (χ4n) is 2.71. The number of pyridine rings is 1. The molecule has 28 heavy (non-hydrogen) atoms. The number of amidine groups is 1. The molecule has 1 N–H and O–H groups in total. The van der Waals surface area contributed by atoms with E-state index in [9.17, 15) is 18.0 Å². The normalized spacial score (nSPS) is 16.5. The highest BCUT2D eigenvalue weighted by Crippen LogP contribution is 2.36. The molecule has 2 aromatic rings. The minimum atomic E-state index is -1.02. The van der Waals surface area contributed by atoms with Crippen LogP contribution in [-0.2, 0) is 9.53 Å². The zero-order valence-corrected chi connectivity index (χ0v) is 16.6. The molecule has 0 aliphatic carbocycles. The molecule has 0 bridgehead atoms. The van der Waals surface area contributed by atoms with Gasteiger partial charge >= 0.3 is 5.97 Å². The van der Waals surface area contributed by atoms with Crippen LogP contribution >= 0.6 is 27.5 Å². The van der Waals surface area contributed by atoms with Gasteiger partial charge in [-0.2, -0.15) is 0 Å². The fraction of sp³-hybridized carbons (Fsp3) is 0.167. The van der Waals surface area contributed by atoms with Gasteiger partial charge in [0.25, 0.3) is 0 Å². The van der Waals surface area contributed by atoms with E-state index in [1.165, 1.54) is 13.2 Å². The van der Waals surface area contributed by atoms with Crippen LogP contribution in [0.5, 0.6) is 0 Å². The summed E-state index contributed by atoms with van der Waals surface area (Å²) in [5, 5.41) is 3.00. The number of carbonyl (C=O) groups is 1. The van der Waals surface area contributed by atoms with E-state index in [2.05, 4.69) is 31.2 Å². The maximum Gasteiger partial charge on any atom is 0.338 e. The van der Waals surface area contributed by atoms with Gasteiger partial charge in [-0.1, -0.05) is 33.6 Å². The molecule has 1 aromatic heterocycles. The molecule has 1 aliphatic rings. The molecule has 0 saturated heterocycles. The van der Waals surface area contributed by atoms with Gasteiger partial charge in [0.2, 0.25) is 0 Å². The number of rotatable bonds is 4. The van der Waals surface area contributed by atoms with Gasteiger partial charge in [0.1, 0.15) is 23.4 Å². The maximum atomic E-state index is 14.2. The first-order chi connectivity index (χ1) is 13.3. The Balaban J connectivity index is 2.20. The molecular formula is C18H12BrClF3N3O2. The third kappa shape index (κ3) is 3.90. The Kier molecular flexibility index (Phi) is 6.04. The number of benzene rings is 1. The molecule has 146 valence electrons. The molecule has 2 heterocycles. The predicted octanol–water partition coefficient (Wildman–Crippen LogP) is 4.07. The van der Waals surface area contributed by atoms with E-state index in [0.29, 0.717) is 17.3 Å². The lowest BCUT2D eigenvalue weighted by Crippen LogP contribution is -2.35. The minimum Gasteiger partial charge on any atom is -0.466 e. The number of nitrogens with one attached hydrogen (secondary N) is 1. The highest BCUT2D eigenvalue weighted by Gasteiger charge is 2.33. The van der Waals surface area contributed by atoms with E-state index >= 15 is 0 Å². The van der Waals surface area contributed by atoms with Crippen LogP contribution in [0.25, 0.3) is 0 Å². The SMILES string of the molecule is COC(=O)C1=C(CBr)NC(c2ncc(F)cc2F)=N[C@H]1c1ccc(F)cc1Cl. The van der Waals surface area contributed by atoms with Crippen LogP contribution in [0.1, 0.15) is 17.3 Å². The summed E-state index contributed by atoms with van der Waals surface area (Å²) in [6, 6.07) is 3.26. The molecule has 0 saturated carbocycles. The number of allylic oxidation sites excluding steroid dienone is 1. The van der Waals surface area contributed by atoms with Crippen molar-refractivity contribution in [1.29, 1.82) is 0 Å². The summed E-state index contributed by atoms with van der Waals surface area (Å²) in [5.74, 6) is -3.08. The molecular weight excluding hydrogens is 463 g/mol. The number of aliphatic imine (C=N–C) groups is 1. The summed E-state index contributed by atoms with van der Waals surface area (Å²) in [7, 11) is 1.20. The van der Waals surface area contributed by atoms with E-state index in [4.69, 9.17) is 16.3 Å². The number of hydrogen-bond donors (Lipinski definition) is 1. The monoisotopic (exact) mass is 473 g/mol. The van der Waals surface area contributed by atoms with Crippen LogP contribution in [0.2, 0.25) is 5.02 Å². The van der Waals surface area contributed by atoms with Gasteiger partial charge in [-0.15, -0.1) is 0 Å². The fourth-order valence-corrected chi connectivity index (χ4v) is 3.42. The Hall–Kier alpha value is -2.39. The molecule has 1 aromatic carbocycles. The molecule has 0 amide bonds. The van der Waals surface area contributed by atoms with Crippen molar-refractivity contribution in [3.05, 3.63) is 75.5 Å². The van der Waals surface area contributed by atoms with Crippen molar-refractivity contribution in [2.24, 2.45) is 4.99 Å².